The number of aliphatic carboxylic acids is 1. The number of piperidine rings is 1. The van der Waals surface area contributed by atoms with E-state index in [2.05, 4.69) is 0 Å². The summed E-state index contributed by atoms with van der Waals surface area (Å²) in [4.78, 5) is 27.7. The molecule has 0 saturated carbocycles. The van der Waals surface area contributed by atoms with E-state index in [0.717, 1.165) is 11.1 Å². The Balaban J connectivity index is 2.20. The fourth-order valence-corrected chi connectivity index (χ4v) is 6.53. The second kappa shape index (κ2) is 11.5. The second-order valence-electron chi connectivity index (χ2n) is 9.79. The number of likely N-dealkylation sites (tertiary alicyclic amines) is 1. The first kappa shape index (κ1) is 28.5. The fraction of sp³-hybridized carbons (Fsp3) is 0.481. The maximum absolute atomic E-state index is 14.1. The van der Waals surface area contributed by atoms with Crippen molar-refractivity contribution in [2.45, 2.75) is 64.5 Å². The van der Waals surface area contributed by atoms with E-state index in [9.17, 15) is 23.1 Å². The van der Waals surface area contributed by atoms with Crippen molar-refractivity contribution in [2.24, 2.45) is 5.41 Å². The van der Waals surface area contributed by atoms with Crippen molar-refractivity contribution < 1.29 is 23.1 Å². The molecule has 0 aromatic heterocycles. The number of hydrogen-bond acceptors (Lipinski definition) is 4. The predicted molar refractivity (Wildman–Crippen MR) is 143 cm³/mol. The summed E-state index contributed by atoms with van der Waals surface area (Å²) in [7, 11) is -3.25. The van der Waals surface area contributed by atoms with Crippen LogP contribution in [0.3, 0.4) is 0 Å². The molecule has 1 aliphatic heterocycles. The molecule has 36 heavy (non-hydrogen) atoms. The number of nitrogens with zero attached hydrogens (tertiary/aromatic N) is 1. The minimum atomic E-state index is -3.25. The maximum Gasteiger partial charge on any atom is 0.304 e. The normalized spacial score (nSPS) is 23.5. The lowest BCUT2D eigenvalue weighted by Gasteiger charge is -2.52. The number of carboxylic acid groups (broad SMARTS) is 1. The van der Waals surface area contributed by atoms with E-state index in [1.165, 1.54) is 0 Å². The van der Waals surface area contributed by atoms with Gasteiger partial charge in [0.25, 0.3) is 0 Å². The topological polar surface area (TPSA) is 91.8 Å². The van der Waals surface area contributed by atoms with Crippen LogP contribution >= 0.6 is 23.2 Å². The molecule has 2 aromatic carbocycles. The summed E-state index contributed by atoms with van der Waals surface area (Å²) >= 11 is 12.5. The lowest BCUT2D eigenvalue weighted by molar-refractivity contribution is -0.160. The van der Waals surface area contributed by atoms with Crippen LogP contribution in [0.25, 0.3) is 0 Å². The zero-order valence-electron chi connectivity index (χ0n) is 20.8. The zero-order valence-corrected chi connectivity index (χ0v) is 23.1. The Morgan fingerprint density at radius 3 is 2.33 bits per heavy atom. The van der Waals surface area contributed by atoms with Gasteiger partial charge in [-0.25, -0.2) is 8.42 Å². The Labute approximate surface area is 223 Å². The fourth-order valence-electron chi connectivity index (χ4n) is 5.28. The first-order chi connectivity index (χ1) is 16.9. The molecule has 0 aliphatic carbocycles. The van der Waals surface area contributed by atoms with Gasteiger partial charge in [0.1, 0.15) is 9.84 Å². The van der Waals surface area contributed by atoms with Crippen molar-refractivity contribution in [2.75, 3.05) is 11.5 Å². The van der Waals surface area contributed by atoms with Crippen LogP contribution < -0.4 is 0 Å². The monoisotopic (exact) mass is 553 g/mol. The molecule has 2 aromatic rings. The molecule has 0 bridgehead atoms. The largest absolute Gasteiger partial charge is 0.481 e. The van der Waals surface area contributed by atoms with Crippen molar-refractivity contribution >= 4 is 44.9 Å². The molecule has 9 heteroatoms. The van der Waals surface area contributed by atoms with E-state index in [1.54, 1.807) is 36.9 Å². The number of hydrogen-bond donors (Lipinski definition) is 1. The smallest absolute Gasteiger partial charge is 0.304 e. The molecule has 6 nitrogen and oxygen atoms in total. The molecule has 3 rings (SSSR count). The summed E-state index contributed by atoms with van der Waals surface area (Å²) < 4.78 is 24.7. The van der Waals surface area contributed by atoms with Gasteiger partial charge >= 0.3 is 5.97 Å². The molecule has 0 spiro atoms. The Kier molecular flexibility index (Phi) is 9.12. The molecule has 196 valence electrons. The van der Waals surface area contributed by atoms with Gasteiger partial charge in [-0.05, 0) is 54.7 Å². The Morgan fingerprint density at radius 2 is 1.78 bits per heavy atom. The standard InChI is InChI=1S/C27H33Cl2NO5S/c1-4-22(13-14-36(34,35)5-2)30-25(18-9-11-20(28)12-10-18)23(19-7-6-8-21(29)15-19)16-27(3,26(30)33)17-24(31)32/h6-12,15,22-23,25H,4-5,13-14,16-17H2,1-3H3,(H,31,32)/t22-,23+,25+,27+/m0/s1. The van der Waals surface area contributed by atoms with Gasteiger partial charge in [-0.1, -0.05) is 68.2 Å². The van der Waals surface area contributed by atoms with Gasteiger partial charge in [-0.3, -0.25) is 9.59 Å². The van der Waals surface area contributed by atoms with Crippen LogP contribution in [0.4, 0.5) is 0 Å². The summed E-state index contributed by atoms with van der Waals surface area (Å²) in [6.07, 6.45) is 0.788. The number of benzene rings is 2. The highest BCUT2D eigenvalue weighted by Gasteiger charge is 2.52. The highest BCUT2D eigenvalue weighted by atomic mass is 35.5. The van der Waals surface area contributed by atoms with E-state index in [1.807, 2.05) is 37.3 Å². The van der Waals surface area contributed by atoms with Crippen LogP contribution in [-0.2, 0) is 19.4 Å². The third-order valence-corrected chi connectivity index (χ3v) is 9.42. The first-order valence-electron chi connectivity index (χ1n) is 12.2. The molecule has 1 heterocycles. The van der Waals surface area contributed by atoms with Gasteiger partial charge in [0.2, 0.25) is 5.91 Å². The minimum Gasteiger partial charge on any atom is -0.481 e. The van der Waals surface area contributed by atoms with Gasteiger partial charge in [0.15, 0.2) is 0 Å². The Morgan fingerprint density at radius 1 is 1.11 bits per heavy atom. The van der Waals surface area contributed by atoms with E-state index >= 15 is 0 Å². The molecular weight excluding hydrogens is 521 g/mol. The van der Waals surface area contributed by atoms with Crippen molar-refractivity contribution in [3.05, 3.63) is 69.7 Å². The number of halogens is 2. The van der Waals surface area contributed by atoms with Crippen LogP contribution in [-0.4, -0.2) is 47.8 Å². The molecule has 4 atom stereocenters. The number of sulfone groups is 1. The summed E-state index contributed by atoms with van der Waals surface area (Å²) in [5.74, 6) is -1.61. The van der Waals surface area contributed by atoms with Gasteiger partial charge in [-0.2, -0.15) is 0 Å². The van der Waals surface area contributed by atoms with E-state index in [4.69, 9.17) is 23.2 Å². The second-order valence-corrected chi connectivity index (χ2v) is 13.1. The average molecular weight is 555 g/mol. The minimum absolute atomic E-state index is 0.0276. The highest BCUT2D eigenvalue weighted by molar-refractivity contribution is 7.91. The van der Waals surface area contributed by atoms with E-state index < -0.39 is 33.3 Å². The van der Waals surface area contributed by atoms with Crippen LogP contribution in [0.1, 0.15) is 69.5 Å². The highest BCUT2D eigenvalue weighted by Crippen LogP contribution is 2.52. The molecule has 0 unspecified atom stereocenters. The molecule has 1 fully saturated rings. The van der Waals surface area contributed by atoms with Gasteiger partial charge in [-0.15, -0.1) is 0 Å². The summed E-state index contributed by atoms with van der Waals surface area (Å²) in [5.41, 5.74) is 0.582. The number of carboxylic acids is 1. The Bertz CT molecular complexity index is 1200. The lowest BCUT2D eigenvalue weighted by Crippen LogP contribution is -2.56. The third kappa shape index (κ3) is 6.42. The van der Waals surface area contributed by atoms with E-state index in [-0.39, 0.29) is 36.2 Å². The molecule has 1 saturated heterocycles. The quantitative estimate of drug-likeness (QED) is 0.381. The van der Waals surface area contributed by atoms with Crippen molar-refractivity contribution in [1.82, 2.24) is 4.90 Å². The van der Waals surface area contributed by atoms with Crippen LogP contribution in [0.5, 0.6) is 0 Å². The number of rotatable bonds is 10. The molecule has 1 N–H and O–H groups in total. The third-order valence-electron chi connectivity index (χ3n) is 7.20. The summed E-state index contributed by atoms with van der Waals surface area (Å²) in [5, 5.41) is 10.8. The number of carbonyl (C=O) groups is 2. The number of carbonyl (C=O) groups excluding carboxylic acids is 1. The molecular formula is C27H33Cl2NO5S. The van der Waals surface area contributed by atoms with Crippen LogP contribution in [0.2, 0.25) is 10.0 Å². The van der Waals surface area contributed by atoms with Gasteiger partial charge in [0, 0.05) is 27.8 Å². The summed E-state index contributed by atoms with van der Waals surface area (Å²) in [6, 6.07) is 13.9. The van der Waals surface area contributed by atoms with Crippen LogP contribution in [0, 0.1) is 5.41 Å². The predicted octanol–water partition coefficient (Wildman–Crippen LogP) is 6.14. The molecule has 1 amide bonds. The zero-order chi connectivity index (χ0) is 26.7. The molecule has 1 aliphatic rings. The van der Waals surface area contributed by atoms with Gasteiger partial charge in [0.05, 0.1) is 23.6 Å². The van der Waals surface area contributed by atoms with Gasteiger partial charge < -0.3 is 10.0 Å². The average Bonchev–Trinajstić information content (AvgIpc) is 2.82. The molecule has 0 radical (unpaired) electrons. The van der Waals surface area contributed by atoms with Crippen molar-refractivity contribution in [1.29, 1.82) is 0 Å². The van der Waals surface area contributed by atoms with E-state index in [0.29, 0.717) is 22.9 Å². The Hall–Kier alpha value is -2.09. The van der Waals surface area contributed by atoms with Crippen molar-refractivity contribution in [3.8, 4) is 0 Å². The van der Waals surface area contributed by atoms with Crippen LogP contribution in [0.15, 0.2) is 48.5 Å². The lowest BCUT2D eigenvalue weighted by atomic mass is 9.67. The first-order valence-corrected chi connectivity index (χ1v) is 14.7. The maximum atomic E-state index is 14.1. The number of amides is 1. The van der Waals surface area contributed by atoms with Crippen molar-refractivity contribution in [3.63, 3.8) is 0 Å². The SMILES string of the molecule is CC[C@@H](CCS(=O)(=O)CC)N1C(=O)[C@@](C)(CC(=O)O)C[C@H](c2cccc(Cl)c2)[C@H]1c1ccc(Cl)cc1. The summed E-state index contributed by atoms with van der Waals surface area (Å²) in [6.45, 7) is 5.23.